The van der Waals surface area contributed by atoms with Crippen LogP contribution in [0, 0.1) is 0 Å². The molecule has 2 heterocycles. The van der Waals surface area contributed by atoms with Gasteiger partial charge in [0.05, 0.1) is 0 Å². The molecular weight excluding hydrogens is 314 g/mol. The maximum atomic E-state index is 2.43. The first-order valence-corrected chi connectivity index (χ1v) is 14.1. The summed E-state index contributed by atoms with van der Waals surface area (Å²) in [6, 6.07) is 0. The van der Waals surface area contributed by atoms with Crippen molar-refractivity contribution in [3.63, 3.8) is 0 Å². The summed E-state index contributed by atoms with van der Waals surface area (Å²) in [4.78, 5) is 0. The molecule has 0 saturated carbocycles. The first kappa shape index (κ1) is 20.2. The molecule has 0 N–H and O–H groups in total. The summed E-state index contributed by atoms with van der Waals surface area (Å²) in [6.45, 7) is 9.73. The standard InChI is InChI=1S/C21H42P2/c1-5-11-20(12-6-2)15-9-17-22(20)19-23-18-10-16-21(23,13-7-3)14-8-4/h5-19H2,1-4H3. The smallest absolute Gasteiger partial charge is 0.00913 e. The van der Waals surface area contributed by atoms with Crippen molar-refractivity contribution in [2.45, 2.75) is 115 Å². The molecule has 0 bridgehead atoms. The largest absolute Gasteiger partial charge is 0.0959 e. The zero-order valence-corrected chi connectivity index (χ0v) is 18.3. The van der Waals surface area contributed by atoms with Gasteiger partial charge in [-0.1, -0.05) is 69.2 Å². The second kappa shape index (κ2) is 9.53. The fourth-order valence-corrected chi connectivity index (χ4v) is 16.2. The molecular formula is C21H42P2. The van der Waals surface area contributed by atoms with Gasteiger partial charge in [-0.05, 0) is 79.9 Å². The van der Waals surface area contributed by atoms with Crippen LogP contribution in [0.1, 0.15) is 105 Å². The van der Waals surface area contributed by atoms with Gasteiger partial charge in [-0.25, -0.2) is 0 Å². The van der Waals surface area contributed by atoms with Crippen molar-refractivity contribution in [2.75, 3.05) is 18.2 Å². The van der Waals surface area contributed by atoms with E-state index in [9.17, 15) is 0 Å². The third-order valence-corrected chi connectivity index (χ3v) is 15.2. The van der Waals surface area contributed by atoms with Crippen molar-refractivity contribution in [1.82, 2.24) is 0 Å². The molecule has 0 aromatic carbocycles. The summed E-state index contributed by atoms with van der Waals surface area (Å²) in [5, 5.41) is 1.63. The number of hydrogen-bond acceptors (Lipinski definition) is 0. The zero-order valence-electron chi connectivity index (χ0n) is 16.5. The van der Waals surface area contributed by atoms with E-state index in [2.05, 4.69) is 27.7 Å². The van der Waals surface area contributed by atoms with Gasteiger partial charge in [-0.2, -0.15) is 0 Å². The molecule has 0 nitrogen and oxygen atoms in total. The van der Waals surface area contributed by atoms with Crippen LogP contribution in [0.2, 0.25) is 0 Å². The van der Waals surface area contributed by atoms with Crippen LogP contribution in [0.4, 0.5) is 0 Å². The third-order valence-electron chi connectivity index (χ3n) is 6.68. The first-order valence-electron chi connectivity index (χ1n) is 10.7. The molecule has 0 aromatic heterocycles. The molecule has 23 heavy (non-hydrogen) atoms. The fourth-order valence-electron chi connectivity index (χ4n) is 5.88. The Kier molecular flexibility index (Phi) is 8.36. The first-order chi connectivity index (χ1) is 11.2. The number of rotatable bonds is 10. The molecule has 2 aliphatic heterocycles. The van der Waals surface area contributed by atoms with E-state index in [4.69, 9.17) is 0 Å². The molecule has 2 rings (SSSR count). The molecule has 0 aromatic rings. The number of hydrogen-bond donors (Lipinski definition) is 0. The molecule has 2 saturated heterocycles. The van der Waals surface area contributed by atoms with Gasteiger partial charge in [0.2, 0.25) is 0 Å². The molecule has 0 radical (unpaired) electrons. The molecule has 2 atom stereocenters. The van der Waals surface area contributed by atoms with Gasteiger partial charge in [-0.3, -0.25) is 0 Å². The van der Waals surface area contributed by atoms with Gasteiger partial charge in [0, 0.05) is 0 Å². The maximum absolute atomic E-state index is 2.43. The Labute approximate surface area is 149 Å². The van der Waals surface area contributed by atoms with E-state index < -0.39 is 0 Å². The van der Waals surface area contributed by atoms with Crippen LogP contribution in [0.25, 0.3) is 0 Å². The molecule has 0 spiro atoms. The highest BCUT2D eigenvalue weighted by Gasteiger charge is 2.46. The Bertz CT molecular complexity index is 295. The van der Waals surface area contributed by atoms with Gasteiger partial charge in [0.15, 0.2) is 0 Å². The topological polar surface area (TPSA) is 0 Å². The second-order valence-electron chi connectivity index (χ2n) is 8.32. The Balaban J connectivity index is 2.11. The van der Waals surface area contributed by atoms with E-state index in [1.54, 1.807) is 69.6 Å². The Morgan fingerprint density at radius 1 is 0.609 bits per heavy atom. The van der Waals surface area contributed by atoms with Crippen molar-refractivity contribution >= 4 is 15.8 Å². The van der Waals surface area contributed by atoms with E-state index in [1.165, 1.54) is 25.7 Å². The van der Waals surface area contributed by atoms with Crippen LogP contribution in [0.5, 0.6) is 0 Å². The van der Waals surface area contributed by atoms with Crippen molar-refractivity contribution in [3.05, 3.63) is 0 Å². The van der Waals surface area contributed by atoms with Gasteiger partial charge >= 0.3 is 0 Å². The lowest BCUT2D eigenvalue weighted by atomic mass is 9.93. The van der Waals surface area contributed by atoms with Crippen molar-refractivity contribution in [2.24, 2.45) is 0 Å². The van der Waals surface area contributed by atoms with Crippen molar-refractivity contribution in [1.29, 1.82) is 0 Å². The van der Waals surface area contributed by atoms with Crippen molar-refractivity contribution in [3.8, 4) is 0 Å². The second-order valence-corrected chi connectivity index (χ2v) is 14.4. The summed E-state index contributed by atoms with van der Waals surface area (Å²) in [5.41, 5.74) is 0. The average Bonchev–Trinajstić information content (AvgIpc) is 3.07. The molecule has 2 aliphatic rings. The summed E-state index contributed by atoms with van der Waals surface area (Å²) >= 11 is 0. The van der Waals surface area contributed by atoms with Crippen LogP contribution in [-0.4, -0.2) is 28.5 Å². The van der Waals surface area contributed by atoms with Crippen LogP contribution in [0.15, 0.2) is 0 Å². The Morgan fingerprint density at radius 3 is 1.26 bits per heavy atom. The molecule has 2 heteroatoms. The minimum Gasteiger partial charge on any atom is -0.0959 e. The van der Waals surface area contributed by atoms with Crippen molar-refractivity contribution < 1.29 is 0 Å². The molecule has 2 unspecified atom stereocenters. The molecule has 136 valence electrons. The highest BCUT2D eigenvalue weighted by atomic mass is 31.2. The predicted molar refractivity (Wildman–Crippen MR) is 112 cm³/mol. The van der Waals surface area contributed by atoms with Crippen LogP contribution >= 0.6 is 15.8 Å². The Hall–Kier alpha value is 0.860. The van der Waals surface area contributed by atoms with E-state index >= 15 is 0 Å². The normalized spacial score (nSPS) is 29.2. The van der Waals surface area contributed by atoms with E-state index in [0.29, 0.717) is 15.8 Å². The summed E-state index contributed by atoms with van der Waals surface area (Å²) in [5.74, 6) is 1.71. The van der Waals surface area contributed by atoms with Crippen LogP contribution in [-0.2, 0) is 0 Å². The van der Waals surface area contributed by atoms with Gasteiger partial charge < -0.3 is 0 Å². The predicted octanol–water partition coefficient (Wildman–Crippen LogP) is 8.17. The molecule has 0 amide bonds. The quantitative estimate of drug-likeness (QED) is 0.346. The lowest BCUT2D eigenvalue weighted by Gasteiger charge is -2.42. The highest BCUT2D eigenvalue weighted by molar-refractivity contribution is 7.76. The maximum Gasteiger partial charge on any atom is -0.00913 e. The Morgan fingerprint density at radius 2 is 0.957 bits per heavy atom. The monoisotopic (exact) mass is 356 g/mol. The fraction of sp³-hybridized carbons (Fsp3) is 1.00. The lowest BCUT2D eigenvalue weighted by Crippen LogP contribution is -2.27. The van der Waals surface area contributed by atoms with Crippen LogP contribution < -0.4 is 0 Å². The van der Waals surface area contributed by atoms with Gasteiger partial charge in [0.25, 0.3) is 0 Å². The van der Waals surface area contributed by atoms with Gasteiger partial charge in [0.1, 0.15) is 0 Å². The highest BCUT2D eigenvalue weighted by Crippen LogP contribution is 2.73. The van der Waals surface area contributed by atoms with E-state index in [-0.39, 0.29) is 0 Å². The average molecular weight is 357 g/mol. The van der Waals surface area contributed by atoms with E-state index in [1.807, 2.05) is 0 Å². The third kappa shape index (κ3) is 4.53. The zero-order chi connectivity index (χ0) is 16.8. The molecule has 0 aliphatic carbocycles. The summed E-state index contributed by atoms with van der Waals surface area (Å²) in [7, 11) is 0.667. The lowest BCUT2D eigenvalue weighted by molar-refractivity contribution is 0.463. The van der Waals surface area contributed by atoms with Gasteiger partial charge in [-0.15, -0.1) is 0 Å². The van der Waals surface area contributed by atoms with E-state index in [0.717, 1.165) is 10.3 Å². The SMILES string of the molecule is CCCC1(CCC)CCCP1CP1CCCC1(CCC)CCC. The summed E-state index contributed by atoms with van der Waals surface area (Å²) < 4.78 is 0. The summed E-state index contributed by atoms with van der Waals surface area (Å²) in [6.07, 6.45) is 21.4. The minimum atomic E-state index is 0.333. The molecule has 2 fully saturated rings. The van der Waals surface area contributed by atoms with Crippen LogP contribution in [0.3, 0.4) is 0 Å². The minimum absolute atomic E-state index is 0.333.